The molecule has 122 valence electrons. The molecule has 1 aromatic carbocycles. The van der Waals surface area contributed by atoms with Crippen LogP contribution in [0.25, 0.3) is 11.0 Å². The van der Waals surface area contributed by atoms with Crippen LogP contribution in [0.15, 0.2) is 22.6 Å². The number of carboxylic acid groups (broad SMARTS) is 1. The highest BCUT2D eigenvalue weighted by atomic mass is 35.5. The van der Waals surface area contributed by atoms with Gasteiger partial charge >= 0.3 is 5.97 Å². The average Bonchev–Trinajstić information content (AvgIpc) is 2.87. The molecule has 2 heterocycles. The number of para-hydroxylation sites is 1. The number of carboxylic acids is 1. The molecular weight excluding hydrogens is 338 g/mol. The molecule has 0 aliphatic carbocycles. The van der Waals surface area contributed by atoms with Crippen LogP contribution in [-0.2, 0) is 4.79 Å². The lowest BCUT2D eigenvalue weighted by atomic mass is 9.92. The van der Waals surface area contributed by atoms with E-state index in [0.717, 1.165) is 5.39 Å². The SMILES string of the molecule is Cc1c(C(=O)NC2(C(=O)O)CCSCC2)oc2c(Cl)cccc12. The van der Waals surface area contributed by atoms with Crippen molar-refractivity contribution in [3.05, 3.63) is 34.5 Å². The smallest absolute Gasteiger partial charge is 0.329 e. The van der Waals surface area contributed by atoms with Crippen molar-refractivity contribution >= 4 is 46.2 Å². The molecule has 2 aromatic rings. The molecule has 0 atom stereocenters. The first-order chi connectivity index (χ1) is 10.9. The standard InChI is InChI=1S/C16H16ClNO4S/c1-9-10-3-2-4-11(17)13(10)22-12(9)14(19)18-16(15(20)21)5-7-23-8-6-16/h2-4H,5-8H2,1H3,(H,18,19)(H,20,21). The number of hydrogen-bond donors (Lipinski definition) is 2. The maximum Gasteiger partial charge on any atom is 0.329 e. The molecular formula is C16H16ClNO4S. The van der Waals surface area contributed by atoms with Crippen LogP contribution in [0.1, 0.15) is 29.0 Å². The number of fused-ring (bicyclic) bond motifs is 1. The predicted octanol–water partition coefficient (Wildman–Crippen LogP) is 3.47. The summed E-state index contributed by atoms with van der Waals surface area (Å²) in [5, 5.41) is 13.4. The second kappa shape index (κ2) is 6.09. The van der Waals surface area contributed by atoms with E-state index in [0.29, 0.717) is 40.5 Å². The van der Waals surface area contributed by atoms with Gasteiger partial charge in [0.2, 0.25) is 0 Å². The Morgan fingerprint density at radius 1 is 1.35 bits per heavy atom. The van der Waals surface area contributed by atoms with Crippen LogP contribution in [-0.4, -0.2) is 34.0 Å². The number of rotatable bonds is 3. The Morgan fingerprint density at radius 3 is 2.65 bits per heavy atom. The summed E-state index contributed by atoms with van der Waals surface area (Å²) in [4.78, 5) is 24.3. The van der Waals surface area contributed by atoms with Crippen molar-refractivity contribution in [2.45, 2.75) is 25.3 Å². The normalized spacial score (nSPS) is 17.1. The van der Waals surface area contributed by atoms with Gasteiger partial charge in [0.25, 0.3) is 5.91 Å². The van der Waals surface area contributed by atoms with Crippen LogP contribution in [0.3, 0.4) is 0 Å². The minimum Gasteiger partial charge on any atom is -0.480 e. The molecule has 5 nitrogen and oxygen atoms in total. The minimum absolute atomic E-state index is 0.118. The van der Waals surface area contributed by atoms with Crippen molar-refractivity contribution in [3.63, 3.8) is 0 Å². The third-order valence-corrected chi connectivity index (χ3v) is 5.51. The Morgan fingerprint density at radius 2 is 2.04 bits per heavy atom. The number of aryl methyl sites for hydroxylation is 1. The first-order valence-electron chi connectivity index (χ1n) is 7.26. The molecule has 3 rings (SSSR count). The van der Waals surface area contributed by atoms with E-state index in [9.17, 15) is 14.7 Å². The van der Waals surface area contributed by atoms with E-state index >= 15 is 0 Å². The maximum atomic E-state index is 12.6. The lowest BCUT2D eigenvalue weighted by Gasteiger charge is -2.33. The molecule has 1 aromatic heterocycles. The highest BCUT2D eigenvalue weighted by Gasteiger charge is 2.42. The van der Waals surface area contributed by atoms with E-state index < -0.39 is 17.4 Å². The van der Waals surface area contributed by atoms with Crippen LogP contribution in [0.2, 0.25) is 5.02 Å². The van der Waals surface area contributed by atoms with Gasteiger partial charge in [0.15, 0.2) is 11.3 Å². The summed E-state index contributed by atoms with van der Waals surface area (Å²) >= 11 is 7.79. The van der Waals surface area contributed by atoms with E-state index in [4.69, 9.17) is 16.0 Å². The number of halogens is 1. The summed E-state index contributed by atoms with van der Waals surface area (Å²) in [6.45, 7) is 1.77. The van der Waals surface area contributed by atoms with Crippen molar-refractivity contribution in [2.75, 3.05) is 11.5 Å². The van der Waals surface area contributed by atoms with Crippen molar-refractivity contribution in [3.8, 4) is 0 Å². The van der Waals surface area contributed by atoms with E-state index in [-0.39, 0.29) is 5.76 Å². The minimum atomic E-state index is -1.22. The highest BCUT2D eigenvalue weighted by Crippen LogP contribution is 2.32. The third kappa shape index (κ3) is 2.81. The zero-order valence-corrected chi connectivity index (χ0v) is 14.1. The Labute approximate surface area is 142 Å². The Kier molecular flexibility index (Phi) is 4.29. The molecule has 0 saturated carbocycles. The summed E-state index contributed by atoms with van der Waals surface area (Å²) in [7, 11) is 0. The van der Waals surface area contributed by atoms with Gasteiger partial charge in [0, 0.05) is 10.9 Å². The maximum absolute atomic E-state index is 12.6. The summed E-state index contributed by atoms with van der Waals surface area (Å²) in [5.74, 6) is 0.0173. The fourth-order valence-corrected chi connectivity index (χ4v) is 4.21. The quantitative estimate of drug-likeness (QED) is 0.883. The Bertz CT molecular complexity index is 780. The monoisotopic (exact) mass is 353 g/mol. The van der Waals surface area contributed by atoms with E-state index in [1.807, 2.05) is 6.07 Å². The predicted molar refractivity (Wildman–Crippen MR) is 90.4 cm³/mol. The molecule has 1 amide bonds. The highest BCUT2D eigenvalue weighted by molar-refractivity contribution is 7.99. The molecule has 7 heteroatoms. The number of hydrogen-bond acceptors (Lipinski definition) is 4. The van der Waals surface area contributed by atoms with E-state index in [2.05, 4.69) is 5.32 Å². The van der Waals surface area contributed by atoms with Crippen LogP contribution in [0.4, 0.5) is 0 Å². The fourth-order valence-electron chi connectivity index (χ4n) is 2.81. The molecule has 1 fully saturated rings. The first-order valence-corrected chi connectivity index (χ1v) is 8.79. The Balaban J connectivity index is 1.95. The summed E-state index contributed by atoms with van der Waals surface area (Å²) < 4.78 is 5.62. The van der Waals surface area contributed by atoms with Gasteiger partial charge in [-0.15, -0.1) is 0 Å². The molecule has 23 heavy (non-hydrogen) atoms. The van der Waals surface area contributed by atoms with Gasteiger partial charge in [-0.2, -0.15) is 11.8 Å². The number of amides is 1. The molecule has 0 bridgehead atoms. The zero-order chi connectivity index (χ0) is 16.6. The van der Waals surface area contributed by atoms with Crippen LogP contribution in [0, 0.1) is 6.92 Å². The number of nitrogens with one attached hydrogen (secondary N) is 1. The van der Waals surface area contributed by atoms with Crippen LogP contribution in [0.5, 0.6) is 0 Å². The fraction of sp³-hybridized carbons (Fsp3) is 0.375. The average molecular weight is 354 g/mol. The third-order valence-electron chi connectivity index (χ3n) is 4.23. The summed E-state index contributed by atoms with van der Waals surface area (Å²) in [5.41, 5.74) is -0.122. The first kappa shape index (κ1) is 16.2. The molecule has 0 spiro atoms. The van der Waals surface area contributed by atoms with Gasteiger partial charge in [0.05, 0.1) is 5.02 Å². The molecule has 1 saturated heterocycles. The Hall–Kier alpha value is -1.66. The topological polar surface area (TPSA) is 79.5 Å². The van der Waals surface area contributed by atoms with Gasteiger partial charge in [-0.1, -0.05) is 23.7 Å². The number of furan rings is 1. The lowest BCUT2D eigenvalue weighted by Crippen LogP contribution is -2.56. The molecule has 1 aliphatic heterocycles. The van der Waals surface area contributed by atoms with Crippen LogP contribution >= 0.6 is 23.4 Å². The number of carbonyl (C=O) groups excluding carboxylic acids is 1. The largest absolute Gasteiger partial charge is 0.480 e. The molecule has 2 N–H and O–H groups in total. The summed E-state index contributed by atoms with van der Waals surface area (Å²) in [6, 6.07) is 5.29. The van der Waals surface area contributed by atoms with E-state index in [1.54, 1.807) is 30.8 Å². The van der Waals surface area contributed by atoms with Crippen molar-refractivity contribution in [1.82, 2.24) is 5.32 Å². The van der Waals surface area contributed by atoms with Gasteiger partial charge in [0.1, 0.15) is 5.54 Å². The molecule has 0 unspecified atom stereocenters. The molecule has 0 radical (unpaired) electrons. The van der Waals surface area contributed by atoms with Gasteiger partial charge in [-0.05, 0) is 37.3 Å². The van der Waals surface area contributed by atoms with Crippen molar-refractivity contribution in [1.29, 1.82) is 0 Å². The molecule has 1 aliphatic rings. The second-order valence-electron chi connectivity index (χ2n) is 5.63. The number of thioether (sulfide) groups is 1. The van der Waals surface area contributed by atoms with Crippen molar-refractivity contribution in [2.24, 2.45) is 0 Å². The number of aliphatic carboxylic acids is 1. The van der Waals surface area contributed by atoms with Crippen molar-refractivity contribution < 1.29 is 19.1 Å². The van der Waals surface area contributed by atoms with Gasteiger partial charge in [-0.3, -0.25) is 4.79 Å². The second-order valence-corrected chi connectivity index (χ2v) is 7.26. The number of benzene rings is 1. The number of carbonyl (C=O) groups is 2. The van der Waals surface area contributed by atoms with E-state index in [1.165, 1.54) is 0 Å². The lowest BCUT2D eigenvalue weighted by molar-refractivity contribution is -0.144. The summed E-state index contributed by atoms with van der Waals surface area (Å²) in [6.07, 6.45) is 0.803. The zero-order valence-electron chi connectivity index (χ0n) is 12.5. The van der Waals surface area contributed by atoms with Gasteiger partial charge < -0.3 is 14.8 Å². The van der Waals surface area contributed by atoms with Crippen LogP contribution < -0.4 is 5.32 Å². The van der Waals surface area contributed by atoms with Gasteiger partial charge in [-0.25, -0.2) is 4.79 Å².